The Kier molecular flexibility index (Phi) is 7.97. The van der Waals surface area contributed by atoms with Gasteiger partial charge in [-0.15, -0.1) is 0 Å². The second kappa shape index (κ2) is 10.5. The lowest BCUT2D eigenvalue weighted by Gasteiger charge is -2.29. The molecule has 0 aromatic heterocycles. The topological polar surface area (TPSA) is 116 Å². The number of rotatable bonds is 8. The third kappa shape index (κ3) is 5.24. The standard InChI is InChI=1S/C25H37N5O4/c1-6-18(26)24(33)30-14-21(31)22-20(30)11-12-29(22)25(34)19(13-15(2)3)27-23(32)16-7-9-17(10-8-16)28(4)5/h7-10,15,18-20,22H,6,11-14,26H2,1-5H3,(H,27,32). The number of hydrogen-bond donors (Lipinski definition) is 2. The summed E-state index contributed by atoms with van der Waals surface area (Å²) in [6.07, 6.45) is 1.46. The van der Waals surface area contributed by atoms with Crippen LogP contribution in [0.25, 0.3) is 0 Å². The first-order valence-electron chi connectivity index (χ1n) is 12.0. The molecule has 9 nitrogen and oxygen atoms in total. The maximum absolute atomic E-state index is 13.6. The summed E-state index contributed by atoms with van der Waals surface area (Å²) in [5.41, 5.74) is 7.36. The van der Waals surface area contributed by atoms with E-state index in [1.807, 2.05) is 51.9 Å². The van der Waals surface area contributed by atoms with Crippen LogP contribution in [-0.2, 0) is 14.4 Å². The minimum absolute atomic E-state index is 0.0227. The third-order valence-corrected chi connectivity index (χ3v) is 6.70. The summed E-state index contributed by atoms with van der Waals surface area (Å²) in [4.78, 5) is 57.1. The van der Waals surface area contributed by atoms with Crippen LogP contribution in [-0.4, -0.2) is 84.7 Å². The highest BCUT2D eigenvalue weighted by Gasteiger charge is 2.52. The highest BCUT2D eigenvalue weighted by Crippen LogP contribution is 2.31. The molecule has 4 unspecified atom stereocenters. The highest BCUT2D eigenvalue weighted by atomic mass is 16.2. The van der Waals surface area contributed by atoms with Gasteiger partial charge in [0.25, 0.3) is 5.91 Å². The number of benzene rings is 1. The number of amides is 3. The molecule has 3 rings (SSSR count). The van der Waals surface area contributed by atoms with Gasteiger partial charge in [0.1, 0.15) is 12.1 Å². The Balaban J connectivity index is 1.76. The number of nitrogens with zero attached hydrogens (tertiary/aromatic N) is 3. The van der Waals surface area contributed by atoms with E-state index in [4.69, 9.17) is 5.73 Å². The van der Waals surface area contributed by atoms with Gasteiger partial charge >= 0.3 is 0 Å². The normalized spacial score (nSPS) is 21.4. The third-order valence-electron chi connectivity index (χ3n) is 6.70. The average molecular weight is 472 g/mol. The van der Waals surface area contributed by atoms with Crippen molar-refractivity contribution >= 4 is 29.2 Å². The van der Waals surface area contributed by atoms with Crippen LogP contribution >= 0.6 is 0 Å². The largest absolute Gasteiger partial charge is 0.378 e. The quantitative estimate of drug-likeness (QED) is 0.585. The Morgan fingerprint density at radius 2 is 1.76 bits per heavy atom. The number of ketones is 1. The second-order valence-corrected chi connectivity index (χ2v) is 9.88. The van der Waals surface area contributed by atoms with E-state index in [0.717, 1.165) is 5.69 Å². The molecule has 2 fully saturated rings. The van der Waals surface area contributed by atoms with E-state index < -0.39 is 18.1 Å². The van der Waals surface area contributed by atoms with Crippen LogP contribution in [0.15, 0.2) is 24.3 Å². The SMILES string of the molecule is CCC(N)C(=O)N1CC(=O)C2C1CCN2C(=O)C(CC(C)C)NC(=O)c1ccc(N(C)C)cc1. The summed E-state index contributed by atoms with van der Waals surface area (Å²) in [7, 11) is 3.84. The zero-order valence-corrected chi connectivity index (χ0v) is 20.8. The van der Waals surface area contributed by atoms with Crippen molar-refractivity contribution in [2.24, 2.45) is 11.7 Å². The molecule has 9 heteroatoms. The Labute approximate surface area is 201 Å². The molecule has 34 heavy (non-hydrogen) atoms. The monoisotopic (exact) mass is 471 g/mol. The fourth-order valence-corrected chi connectivity index (χ4v) is 4.79. The van der Waals surface area contributed by atoms with Gasteiger partial charge in [-0.25, -0.2) is 0 Å². The van der Waals surface area contributed by atoms with E-state index in [1.165, 1.54) is 4.90 Å². The summed E-state index contributed by atoms with van der Waals surface area (Å²) in [6.45, 7) is 6.14. The first kappa shape index (κ1) is 25.7. The van der Waals surface area contributed by atoms with Crippen molar-refractivity contribution in [3.8, 4) is 0 Å². The number of fused-ring (bicyclic) bond motifs is 1. The summed E-state index contributed by atoms with van der Waals surface area (Å²) < 4.78 is 0. The van der Waals surface area contributed by atoms with Gasteiger partial charge in [-0.3, -0.25) is 19.2 Å². The fourth-order valence-electron chi connectivity index (χ4n) is 4.79. The highest BCUT2D eigenvalue weighted by molar-refractivity contribution is 6.01. The van der Waals surface area contributed by atoms with E-state index >= 15 is 0 Å². The van der Waals surface area contributed by atoms with Gasteiger partial charge < -0.3 is 25.8 Å². The number of nitrogens with one attached hydrogen (secondary N) is 1. The van der Waals surface area contributed by atoms with Crippen LogP contribution in [0.2, 0.25) is 0 Å². The van der Waals surface area contributed by atoms with E-state index in [9.17, 15) is 19.2 Å². The number of hydrogen-bond acceptors (Lipinski definition) is 6. The zero-order chi connectivity index (χ0) is 25.2. The first-order chi connectivity index (χ1) is 16.0. The molecule has 0 aliphatic carbocycles. The van der Waals surface area contributed by atoms with Gasteiger partial charge in [0, 0.05) is 31.9 Å². The van der Waals surface area contributed by atoms with Crippen molar-refractivity contribution in [1.82, 2.24) is 15.1 Å². The lowest BCUT2D eigenvalue weighted by atomic mass is 10.0. The Morgan fingerprint density at radius 3 is 2.32 bits per heavy atom. The van der Waals surface area contributed by atoms with Gasteiger partial charge in [0.15, 0.2) is 5.78 Å². The maximum atomic E-state index is 13.6. The van der Waals surface area contributed by atoms with Crippen molar-refractivity contribution in [2.45, 2.75) is 64.2 Å². The predicted molar refractivity (Wildman–Crippen MR) is 130 cm³/mol. The Bertz CT molecular complexity index is 930. The molecular formula is C25H37N5O4. The molecule has 1 aromatic carbocycles. The van der Waals surface area contributed by atoms with Crippen molar-refractivity contribution in [3.05, 3.63) is 29.8 Å². The number of carbonyl (C=O) groups is 4. The zero-order valence-electron chi connectivity index (χ0n) is 20.8. The van der Waals surface area contributed by atoms with Crippen molar-refractivity contribution in [1.29, 1.82) is 0 Å². The molecule has 1 aromatic rings. The fraction of sp³-hybridized carbons (Fsp3) is 0.600. The van der Waals surface area contributed by atoms with Crippen molar-refractivity contribution in [2.75, 3.05) is 32.1 Å². The molecule has 4 atom stereocenters. The van der Waals surface area contributed by atoms with Gasteiger partial charge in [0.05, 0.1) is 18.6 Å². The first-order valence-corrected chi connectivity index (χ1v) is 12.0. The minimum atomic E-state index is -0.754. The molecule has 3 N–H and O–H groups in total. The number of anilines is 1. The van der Waals surface area contributed by atoms with Crippen molar-refractivity contribution in [3.63, 3.8) is 0 Å². The number of nitrogens with two attached hydrogens (primary N) is 1. The van der Waals surface area contributed by atoms with E-state index in [-0.39, 0.29) is 42.0 Å². The summed E-state index contributed by atoms with van der Waals surface area (Å²) in [5, 5.41) is 2.89. The second-order valence-electron chi connectivity index (χ2n) is 9.88. The van der Waals surface area contributed by atoms with Crippen LogP contribution in [0.4, 0.5) is 5.69 Å². The van der Waals surface area contributed by atoms with Gasteiger partial charge in [-0.1, -0.05) is 20.8 Å². The van der Waals surface area contributed by atoms with Gasteiger partial charge in [0.2, 0.25) is 11.8 Å². The molecule has 2 saturated heterocycles. The Hall–Kier alpha value is -2.94. The van der Waals surface area contributed by atoms with Gasteiger partial charge in [-0.2, -0.15) is 0 Å². The van der Waals surface area contributed by atoms with Crippen LogP contribution in [0.1, 0.15) is 50.4 Å². The number of Topliss-reactive ketones (excluding diaryl/α,β-unsaturated/α-hetero) is 1. The molecule has 3 amide bonds. The maximum Gasteiger partial charge on any atom is 0.251 e. The van der Waals surface area contributed by atoms with Crippen LogP contribution in [0, 0.1) is 5.92 Å². The molecule has 2 aliphatic heterocycles. The molecule has 0 saturated carbocycles. The molecular weight excluding hydrogens is 434 g/mol. The molecule has 186 valence electrons. The summed E-state index contributed by atoms with van der Waals surface area (Å²) in [5.74, 6) is -0.846. The lowest BCUT2D eigenvalue weighted by molar-refractivity contribution is -0.138. The van der Waals surface area contributed by atoms with Crippen LogP contribution in [0.5, 0.6) is 0 Å². The predicted octanol–water partition coefficient (Wildman–Crippen LogP) is 1.02. The van der Waals surface area contributed by atoms with E-state index in [1.54, 1.807) is 17.0 Å². The summed E-state index contributed by atoms with van der Waals surface area (Å²) >= 11 is 0. The lowest BCUT2D eigenvalue weighted by Crippen LogP contribution is -2.53. The van der Waals surface area contributed by atoms with Crippen LogP contribution in [0.3, 0.4) is 0 Å². The average Bonchev–Trinajstić information content (AvgIpc) is 3.38. The summed E-state index contributed by atoms with van der Waals surface area (Å²) in [6, 6.07) is 4.73. The molecule has 2 heterocycles. The molecule has 2 aliphatic rings. The molecule has 0 radical (unpaired) electrons. The molecule has 0 spiro atoms. The van der Waals surface area contributed by atoms with E-state index in [0.29, 0.717) is 31.4 Å². The molecule has 0 bridgehead atoms. The van der Waals surface area contributed by atoms with Crippen molar-refractivity contribution < 1.29 is 19.2 Å². The Morgan fingerprint density at radius 1 is 1.12 bits per heavy atom. The minimum Gasteiger partial charge on any atom is -0.378 e. The van der Waals surface area contributed by atoms with E-state index in [2.05, 4.69) is 5.32 Å². The number of likely N-dealkylation sites (tertiary alicyclic amines) is 2. The van der Waals surface area contributed by atoms with Gasteiger partial charge in [-0.05, 0) is 49.4 Å². The smallest absolute Gasteiger partial charge is 0.251 e. The van der Waals surface area contributed by atoms with Crippen LogP contribution < -0.4 is 16.0 Å². The number of carbonyl (C=O) groups excluding carboxylic acids is 4.